The second kappa shape index (κ2) is 4.70. The van der Waals surface area contributed by atoms with E-state index in [4.69, 9.17) is 4.42 Å². The van der Waals surface area contributed by atoms with Crippen LogP contribution in [-0.4, -0.2) is 16.8 Å². The highest BCUT2D eigenvalue weighted by Gasteiger charge is 2.09. The number of carbonyl (C=O) groups excluding carboxylic acids is 2. The number of aromatic carboxylic acids is 1. The number of carbonyl (C=O) groups is 2. The molecule has 0 saturated heterocycles. The summed E-state index contributed by atoms with van der Waals surface area (Å²) in [7, 11) is 0. The number of aromatic nitrogens is 1. The minimum atomic E-state index is -1.35. The molecule has 3 rings (SSSR count). The van der Waals surface area contributed by atoms with Crippen LogP contribution in [0.3, 0.4) is 0 Å². The number of benzene rings is 1. The lowest BCUT2D eigenvalue weighted by Crippen LogP contribution is -2.21. The Hall–Kier alpha value is -2.82. The highest BCUT2D eigenvalue weighted by Crippen LogP contribution is 2.21. The quantitative estimate of drug-likeness (QED) is 0.671. The van der Waals surface area contributed by atoms with Crippen LogP contribution in [0.25, 0.3) is 10.9 Å². The lowest BCUT2D eigenvalue weighted by atomic mass is 10.2. The van der Waals surface area contributed by atoms with Gasteiger partial charge in [0.1, 0.15) is 17.5 Å². The first-order chi connectivity index (χ1) is 9.69. The molecule has 3 aromatic rings. The largest absolute Gasteiger partial charge is 0.542 e. The number of carboxylic acids is 1. The smallest absolute Gasteiger partial charge is 0.152 e. The van der Waals surface area contributed by atoms with Gasteiger partial charge < -0.3 is 18.9 Å². The normalized spacial score (nSPS) is 10.8. The Labute approximate surface area is 114 Å². The van der Waals surface area contributed by atoms with Crippen molar-refractivity contribution in [3.05, 3.63) is 59.7 Å². The first-order valence-corrected chi connectivity index (χ1v) is 6.02. The van der Waals surface area contributed by atoms with Crippen LogP contribution >= 0.6 is 0 Å². The molecule has 100 valence electrons. The van der Waals surface area contributed by atoms with Gasteiger partial charge in [-0.1, -0.05) is 18.2 Å². The fraction of sp³-hybridized carbons (Fsp3) is 0.0667. The molecule has 0 saturated carbocycles. The average Bonchev–Trinajstić information content (AvgIpc) is 3.05. The van der Waals surface area contributed by atoms with Crippen molar-refractivity contribution in [1.29, 1.82) is 0 Å². The summed E-state index contributed by atoms with van der Waals surface area (Å²) in [6.07, 6.45) is 2.52. The van der Waals surface area contributed by atoms with E-state index in [9.17, 15) is 14.7 Å². The molecule has 1 aromatic carbocycles. The predicted octanol–water partition coefficient (Wildman–Crippen LogP) is 1.46. The Morgan fingerprint density at radius 2 is 2.05 bits per heavy atom. The van der Waals surface area contributed by atoms with E-state index in [0.717, 1.165) is 17.2 Å². The van der Waals surface area contributed by atoms with Crippen molar-refractivity contribution in [1.82, 2.24) is 4.57 Å². The summed E-state index contributed by atoms with van der Waals surface area (Å²) in [5.74, 6) is -1.06. The molecule has 2 aromatic heterocycles. The summed E-state index contributed by atoms with van der Waals surface area (Å²) in [5.41, 5.74) is 1.48. The Balaban J connectivity index is 2.01. The maximum atomic E-state index is 11.1. The van der Waals surface area contributed by atoms with Crippen LogP contribution < -0.4 is 5.11 Å². The Morgan fingerprint density at radius 1 is 1.25 bits per heavy atom. The number of hydrogen-bond donors (Lipinski definition) is 0. The Bertz CT molecular complexity index is 797. The van der Waals surface area contributed by atoms with Gasteiger partial charge in [-0.05, 0) is 18.2 Å². The summed E-state index contributed by atoms with van der Waals surface area (Å²) in [5, 5.41) is 11.5. The molecule has 0 aliphatic heterocycles. The van der Waals surface area contributed by atoms with E-state index in [1.165, 1.54) is 6.07 Å². The molecule has 0 amide bonds. The van der Waals surface area contributed by atoms with Crippen molar-refractivity contribution in [3.8, 4) is 0 Å². The van der Waals surface area contributed by atoms with Gasteiger partial charge >= 0.3 is 0 Å². The SMILES string of the molecule is O=Cc1cn(Cc2ccc(C(=O)[O-])o2)c2ccccc12. The van der Waals surface area contributed by atoms with Crippen molar-refractivity contribution in [2.45, 2.75) is 6.54 Å². The number of carboxylic acid groups (broad SMARTS) is 1. The molecule has 5 heteroatoms. The minimum Gasteiger partial charge on any atom is -0.542 e. The number of hydrogen-bond acceptors (Lipinski definition) is 4. The van der Waals surface area contributed by atoms with Crippen molar-refractivity contribution < 1.29 is 19.1 Å². The summed E-state index contributed by atoms with van der Waals surface area (Å²) in [6.45, 7) is 0.349. The molecule has 0 bridgehead atoms. The molecular weight excluding hydrogens is 258 g/mol. The van der Waals surface area contributed by atoms with Crippen molar-refractivity contribution in [2.75, 3.05) is 0 Å². The fourth-order valence-electron chi connectivity index (χ4n) is 2.24. The maximum Gasteiger partial charge on any atom is 0.152 e. The molecular formula is C15H10NO4-. The minimum absolute atomic E-state index is 0.202. The van der Waals surface area contributed by atoms with E-state index < -0.39 is 5.97 Å². The molecule has 0 radical (unpaired) electrons. The zero-order chi connectivity index (χ0) is 14.1. The predicted molar refractivity (Wildman–Crippen MR) is 69.5 cm³/mol. The summed E-state index contributed by atoms with van der Waals surface area (Å²) < 4.78 is 7.01. The summed E-state index contributed by atoms with van der Waals surface area (Å²) in [4.78, 5) is 21.7. The van der Waals surface area contributed by atoms with E-state index in [1.807, 2.05) is 28.8 Å². The maximum absolute atomic E-state index is 11.1. The Kier molecular flexibility index (Phi) is 2.87. The highest BCUT2D eigenvalue weighted by molar-refractivity contribution is 5.97. The molecule has 0 unspecified atom stereocenters. The molecule has 2 heterocycles. The van der Waals surface area contributed by atoms with E-state index in [2.05, 4.69) is 0 Å². The van der Waals surface area contributed by atoms with Gasteiger partial charge in [0.15, 0.2) is 6.29 Å². The van der Waals surface area contributed by atoms with Crippen molar-refractivity contribution in [3.63, 3.8) is 0 Å². The molecule has 20 heavy (non-hydrogen) atoms. The monoisotopic (exact) mass is 268 g/mol. The first kappa shape index (κ1) is 12.2. The zero-order valence-corrected chi connectivity index (χ0v) is 10.4. The number of para-hydroxylation sites is 1. The van der Waals surface area contributed by atoms with Gasteiger partial charge in [-0.3, -0.25) is 4.79 Å². The third kappa shape index (κ3) is 1.99. The van der Waals surface area contributed by atoms with Crippen molar-refractivity contribution >= 4 is 23.2 Å². The van der Waals surface area contributed by atoms with Gasteiger partial charge in [0.2, 0.25) is 0 Å². The second-order valence-electron chi connectivity index (χ2n) is 4.40. The van der Waals surface area contributed by atoms with Crippen LogP contribution in [0.2, 0.25) is 0 Å². The molecule has 5 nitrogen and oxygen atoms in total. The van der Waals surface area contributed by atoms with Crippen LogP contribution in [0.1, 0.15) is 26.7 Å². The standard InChI is InChI=1S/C15H11NO4/c17-9-10-7-16(13-4-2-1-3-12(10)13)8-11-5-6-14(20-11)15(18)19/h1-7,9H,8H2,(H,18,19)/p-1. The Morgan fingerprint density at radius 3 is 2.75 bits per heavy atom. The average molecular weight is 268 g/mol. The third-order valence-electron chi connectivity index (χ3n) is 3.14. The van der Waals surface area contributed by atoms with Crippen LogP contribution in [0.15, 0.2) is 47.0 Å². The lowest BCUT2D eigenvalue weighted by Gasteiger charge is -2.02. The zero-order valence-electron chi connectivity index (χ0n) is 10.4. The van der Waals surface area contributed by atoms with Crippen molar-refractivity contribution in [2.24, 2.45) is 0 Å². The second-order valence-corrected chi connectivity index (χ2v) is 4.40. The van der Waals surface area contributed by atoms with Crippen LogP contribution in [0.5, 0.6) is 0 Å². The molecule has 0 spiro atoms. The first-order valence-electron chi connectivity index (χ1n) is 6.02. The molecule has 0 aliphatic rings. The summed E-state index contributed by atoms with van der Waals surface area (Å²) >= 11 is 0. The summed E-state index contributed by atoms with van der Waals surface area (Å²) in [6, 6.07) is 10.4. The fourth-order valence-corrected chi connectivity index (χ4v) is 2.24. The van der Waals surface area contributed by atoms with Crippen LogP contribution in [0.4, 0.5) is 0 Å². The third-order valence-corrected chi connectivity index (χ3v) is 3.14. The highest BCUT2D eigenvalue weighted by atomic mass is 16.4. The number of nitrogens with zero attached hydrogens (tertiary/aromatic N) is 1. The van der Waals surface area contributed by atoms with E-state index in [-0.39, 0.29) is 5.76 Å². The number of fused-ring (bicyclic) bond motifs is 1. The molecule has 0 aliphatic carbocycles. The van der Waals surface area contributed by atoms with Gasteiger partial charge in [-0.25, -0.2) is 0 Å². The van der Waals surface area contributed by atoms with E-state index in [1.54, 1.807) is 12.3 Å². The number of rotatable bonds is 4. The van der Waals surface area contributed by atoms with E-state index in [0.29, 0.717) is 17.9 Å². The van der Waals surface area contributed by atoms with Gasteiger partial charge in [0.25, 0.3) is 0 Å². The molecule has 0 N–H and O–H groups in total. The molecule has 0 fully saturated rings. The topological polar surface area (TPSA) is 75.3 Å². The van der Waals surface area contributed by atoms with Crippen LogP contribution in [-0.2, 0) is 6.54 Å². The van der Waals surface area contributed by atoms with Gasteiger partial charge in [0.05, 0.1) is 6.54 Å². The van der Waals surface area contributed by atoms with Gasteiger partial charge in [-0.2, -0.15) is 0 Å². The van der Waals surface area contributed by atoms with Gasteiger partial charge in [0, 0.05) is 22.7 Å². The van der Waals surface area contributed by atoms with E-state index >= 15 is 0 Å². The van der Waals surface area contributed by atoms with Gasteiger partial charge in [-0.15, -0.1) is 0 Å². The number of aldehydes is 1. The molecule has 0 atom stereocenters. The van der Waals surface area contributed by atoms with Crippen LogP contribution in [0, 0.1) is 0 Å². The number of furan rings is 1. The lowest BCUT2D eigenvalue weighted by molar-refractivity contribution is -0.257.